The third-order valence-corrected chi connectivity index (χ3v) is 3.47. The van der Waals surface area contributed by atoms with E-state index in [4.69, 9.17) is 17.3 Å². The van der Waals surface area contributed by atoms with Crippen LogP contribution in [0.2, 0.25) is 5.02 Å². The number of nitrogens with zero attached hydrogens (tertiary/aromatic N) is 1. The zero-order chi connectivity index (χ0) is 13.9. The van der Waals surface area contributed by atoms with E-state index in [1.165, 1.54) is 0 Å². The van der Waals surface area contributed by atoms with Crippen molar-refractivity contribution in [3.05, 3.63) is 34.3 Å². The van der Waals surface area contributed by atoms with Crippen LogP contribution in [0.4, 0.5) is 0 Å². The van der Waals surface area contributed by atoms with Gasteiger partial charge in [-0.15, -0.1) is 12.4 Å². The van der Waals surface area contributed by atoms with E-state index >= 15 is 0 Å². The van der Waals surface area contributed by atoms with Crippen LogP contribution in [-0.4, -0.2) is 30.9 Å². The van der Waals surface area contributed by atoms with Crippen LogP contribution in [0.15, 0.2) is 18.2 Å². The third kappa shape index (κ3) is 4.68. The molecule has 1 rings (SSSR count). The Labute approximate surface area is 126 Å². The molecule has 0 aliphatic heterocycles. The van der Waals surface area contributed by atoms with E-state index in [1.54, 1.807) is 30.1 Å². The quantitative estimate of drug-likeness (QED) is 0.929. The van der Waals surface area contributed by atoms with Crippen molar-refractivity contribution in [2.45, 2.75) is 20.8 Å². The fourth-order valence-electron chi connectivity index (χ4n) is 1.82. The summed E-state index contributed by atoms with van der Waals surface area (Å²) in [5.74, 6) is -0.0171. The second-order valence-corrected chi connectivity index (χ2v) is 5.85. The second-order valence-electron chi connectivity index (χ2n) is 5.44. The number of hydrogen-bond acceptors (Lipinski definition) is 2. The summed E-state index contributed by atoms with van der Waals surface area (Å²) in [5, 5.41) is 0.618. The van der Waals surface area contributed by atoms with E-state index in [0.29, 0.717) is 23.7 Å². The number of rotatable bonds is 4. The maximum atomic E-state index is 12.3. The molecule has 0 radical (unpaired) electrons. The van der Waals surface area contributed by atoms with Crippen LogP contribution in [0.3, 0.4) is 0 Å². The Kier molecular flexibility index (Phi) is 6.84. The van der Waals surface area contributed by atoms with Crippen molar-refractivity contribution in [2.24, 2.45) is 11.1 Å². The Morgan fingerprint density at radius 3 is 2.53 bits per heavy atom. The standard InChI is InChI=1S/C14H21ClN2O.ClH/c1-10-11(6-5-7-12(10)15)13(18)17(4)9-14(2,3)8-16;/h5-7H,8-9,16H2,1-4H3;1H. The Bertz CT molecular complexity index is 447. The van der Waals surface area contributed by atoms with Crippen molar-refractivity contribution in [1.82, 2.24) is 4.90 Å². The number of nitrogens with two attached hydrogens (primary N) is 1. The van der Waals surface area contributed by atoms with Crippen molar-refractivity contribution >= 4 is 29.9 Å². The SMILES string of the molecule is Cc1c(Cl)cccc1C(=O)N(C)CC(C)(C)CN.Cl. The van der Waals surface area contributed by atoms with Crippen LogP contribution in [0.25, 0.3) is 0 Å². The molecule has 2 N–H and O–H groups in total. The molecule has 0 aliphatic rings. The molecular formula is C14H22Cl2N2O. The molecule has 0 fully saturated rings. The molecule has 1 aromatic carbocycles. The van der Waals surface area contributed by atoms with Gasteiger partial charge in [0.2, 0.25) is 0 Å². The van der Waals surface area contributed by atoms with Gasteiger partial charge in [0.1, 0.15) is 0 Å². The lowest BCUT2D eigenvalue weighted by Gasteiger charge is -2.29. The van der Waals surface area contributed by atoms with Crippen molar-refractivity contribution in [2.75, 3.05) is 20.1 Å². The average molecular weight is 305 g/mol. The van der Waals surface area contributed by atoms with Gasteiger partial charge in [-0.2, -0.15) is 0 Å². The van der Waals surface area contributed by atoms with Crippen molar-refractivity contribution in [3.63, 3.8) is 0 Å². The largest absolute Gasteiger partial charge is 0.341 e. The molecule has 0 unspecified atom stereocenters. The molecule has 5 heteroatoms. The topological polar surface area (TPSA) is 46.3 Å². The van der Waals surface area contributed by atoms with Gasteiger partial charge in [0.25, 0.3) is 5.91 Å². The molecule has 1 aromatic rings. The van der Waals surface area contributed by atoms with Gasteiger partial charge in [0, 0.05) is 24.2 Å². The molecule has 0 atom stereocenters. The molecular weight excluding hydrogens is 283 g/mol. The highest BCUT2D eigenvalue weighted by Crippen LogP contribution is 2.21. The van der Waals surface area contributed by atoms with Crippen LogP contribution in [0, 0.1) is 12.3 Å². The Balaban J connectivity index is 0.00000324. The van der Waals surface area contributed by atoms with Crippen LogP contribution in [0.1, 0.15) is 29.8 Å². The molecule has 108 valence electrons. The highest BCUT2D eigenvalue weighted by Gasteiger charge is 2.23. The lowest BCUT2D eigenvalue weighted by Crippen LogP contribution is -2.40. The smallest absolute Gasteiger partial charge is 0.253 e. The molecule has 0 saturated heterocycles. The maximum Gasteiger partial charge on any atom is 0.253 e. The minimum atomic E-state index is -0.0864. The summed E-state index contributed by atoms with van der Waals surface area (Å²) < 4.78 is 0. The van der Waals surface area contributed by atoms with E-state index in [0.717, 1.165) is 5.56 Å². The molecule has 0 aliphatic carbocycles. The molecule has 1 amide bonds. The second kappa shape index (κ2) is 7.13. The highest BCUT2D eigenvalue weighted by molar-refractivity contribution is 6.31. The van der Waals surface area contributed by atoms with E-state index in [1.807, 2.05) is 20.8 Å². The summed E-state index contributed by atoms with van der Waals surface area (Å²) in [4.78, 5) is 14.0. The minimum absolute atomic E-state index is 0. The number of halogens is 2. The lowest BCUT2D eigenvalue weighted by atomic mass is 9.93. The average Bonchev–Trinajstić information content (AvgIpc) is 2.31. The van der Waals surface area contributed by atoms with Gasteiger partial charge in [-0.25, -0.2) is 0 Å². The number of benzene rings is 1. The van der Waals surface area contributed by atoms with Crippen LogP contribution >= 0.6 is 24.0 Å². The van der Waals surface area contributed by atoms with E-state index < -0.39 is 0 Å². The van der Waals surface area contributed by atoms with Crippen molar-refractivity contribution < 1.29 is 4.79 Å². The van der Waals surface area contributed by atoms with Gasteiger partial charge < -0.3 is 10.6 Å². The summed E-state index contributed by atoms with van der Waals surface area (Å²) in [7, 11) is 1.79. The first kappa shape index (κ1) is 18.2. The van der Waals surface area contributed by atoms with Gasteiger partial charge in [-0.1, -0.05) is 31.5 Å². The molecule has 0 heterocycles. The van der Waals surface area contributed by atoms with E-state index in [9.17, 15) is 4.79 Å². The molecule has 0 spiro atoms. The summed E-state index contributed by atoms with van der Waals surface area (Å²) >= 11 is 6.03. The molecule has 0 aromatic heterocycles. The first-order chi connectivity index (χ1) is 8.28. The normalized spacial score (nSPS) is 10.8. The van der Waals surface area contributed by atoms with E-state index in [2.05, 4.69) is 0 Å². The highest BCUT2D eigenvalue weighted by atomic mass is 35.5. The van der Waals surface area contributed by atoms with Crippen molar-refractivity contribution in [1.29, 1.82) is 0 Å². The van der Waals surface area contributed by atoms with Crippen LogP contribution in [0.5, 0.6) is 0 Å². The van der Waals surface area contributed by atoms with Crippen molar-refractivity contribution in [3.8, 4) is 0 Å². The van der Waals surface area contributed by atoms with E-state index in [-0.39, 0.29) is 23.7 Å². The summed E-state index contributed by atoms with van der Waals surface area (Å²) in [6.45, 7) is 7.11. The zero-order valence-corrected chi connectivity index (χ0v) is 13.4. The first-order valence-electron chi connectivity index (χ1n) is 5.99. The molecule has 19 heavy (non-hydrogen) atoms. The zero-order valence-electron chi connectivity index (χ0n) is 11.9. The molecule has 0 saturated carbocycles. The minimum Gasteiger partial charge on any atom is -0.341 e. The summed E-state index contributed by atoms with van der Waals surface area (Å²) in [6, 6.07) is 5.39. The predicted molar refractivity (Wildman–Crippen MR) is 83.2 cm³/mol. The fraction of sp³-hybridized carbons (Fsp3) is 0.500. The molecule has 3 nitrogen and oxygen atoms in total. The number of hydrogen-bond donors (Lipinski definition) is 1. The molecule has 0 bridgehead atoms. The Morgan fingerprint density at radius 1 is 1.42 bits per heavy atom. The van der Waals surface area contributed by atoms with Gasteiger partial charge in [0.15, 0.2) is 0 Å². The number of carbonyl (C=O) groups excluding carboxylic acids is 1. The maximum absolute atomic E-state index is 12.3. The van der Waals surface area contributed by atoms with Crippen LogP contribution < -0.4 is 5.73 Å². The Hall–Kier alpha value is -0.770. The first-order valence-corrected chi connectivity index (χ1v) is 6.37. The Morgan fingerprint density at radius 2 is 2.00 bits per heavy atom. The monoisotopic (exact) mass is 304 g/mol. The summed E-state index contributed by atoms with van der Waals surface area (Å²) in [6.07, 6.45) is 0. The van der Waals surface area contributed by atoms with Crippen LogP contribution in [-0.2, 0) is 0 Å². The third-order valence-electron chi connectivity index (χ3n) is 3.06. The van der Waals surface area contributed by atoms with Gasteiger partial charge in [-0.05, 0) is 36.6 Å². The number of amides is 1. The van der Waals surface area contributed by atoms with Gasteiger partial charge >= 0.3 is 0 Å². The van der Waals surface area contributed by atoms with Gasteiger partial charge in [-0.3, -0.25) is 4.79 Å². The fourth-order valence-corrected chi connectivity index (χ4v) is 2.00. The lowest BCUT2D eigenvalue weighted by molar-refractivity contribution is 0.0740. The number of carbonyl (C=O) groups is 1. The predicted octanol–water partition coefficient (Wildman–Crippen LogP) is 3.13. The summed E-state index contributed by atoms with van der Waals surface area (Å²) in [5.41, 5.74) is 7.07. The van der Waals surface area contributed by atoms with Gasteiger partial charge in [0.05, 0.1) is 0 Å².